The first-order chi connectivity index (χ1) is 7.83. The lowest BCUT2D eigenvalue weighted by Crippen LogP contribution is -2.35. The maximum absolute atomic E-state index is 12.7. The van der Waals surface area contributed by atoms with E-state index in [9.17, 15) is 12.8 Å². The Hall–Kier alpha value is -0.940. The Kier molecular flexibility index (Phi) is 2.99. The summed E-state index contributed by atoms with van der Waals surface area (Å²) < 4.78 is 36.8. The third-order valence-electron chi connectivity index (χ3n) is 3.45. The summed E-state index contributed by atoms with van der Waals surface area (Å²) in [5, 5.41) is 0. The summed E-state index contributed by atoms with van der Waals surface area (Å²) in [4.78, 5) is 0.162. The molecule has 1 unspecified atom stereocenters. The van der Waals surface area contributed by atoms with E-state index < -0.39 is 15.7 Å². The molecule has 1 saturated carbocycles. The average molecular weight is 257 g/mol. The van der Waals surface area contributed by atoms with Gasteiger partial charge < -0.3 is 5.73 Å². The van der Waals surface area contributed by atoms with Gasteiger partial charge >= 0.3 is 0 Å². The van der Waals surface area contributed by atoms with Gasteiger partial charge in [0.2, 0.25) is 0 Å². The zero-order chi connectivity index (χ0) is 12.7. The van der Waals surface area contributed by atoms with Crippen molar-refractivity contribution in [2.75, 3.05) is 5.75 Å². The van der Waals surface area contributed by atoms with Gasteiger partial charge in [0.05, 0.1) is 10.6 Å². The Morgan fingerprint density at radius 2 is 1.88 bits per heavy atom. The highest BCUT2D eigenvalue weighted by Crippen LogP contribution is 2.40. The average Bonchev–Trinajstić information content (AvgIpc) is 2.98. The van der Waals surface area contributed by atoms with Crippen molar-refractivity contribution in [3.63, 3.8) is 0 Å². The minimum Gasteiger partial charge on any atom is -0.325 e. The maximum Gasteiger partial charge on any atom is 0.178 e. The molecule has 2 rings (SSSR count). The number of hydrogen-bond acceptors (Lipinski definition) is 3. The van der Waals surface area contributed by atoms with Crippen LogP contribution < -0.4 is 5.73 Å². The highest BCUT2D eigenvalue weighted by Gasteiger charge is 2.44. The smallest absolute Gasteiger partial charge is 0.178 e. The van der Waals surface area contributed by atoms with Gasteiger partial charge in [-0.05, 0) is 43.0 Å². The van der Waals surface area contributed by atoms with Crippen LogP contribution in [0.3, 0.4) is 0 Å². The van der Waals surface area contributed by atoms with Gasteiger partial charge in [0.1, 0.15) is 5.82 Å². The van der Waals surface area contributed by atoms with Crippen LogP contribution >= 0.6 is 0 Å². The van der Waals surface area contributed by atoms with Crippen molar-refractivity contribution in [2.45, 2.75) is 30.2 Å². The molecule has 1 atom stereocenters. The first kappa shape index (κ1) is 12.5. The lowest BCUT2D eigenvalue weighted by Gasteiger charge is -2.18. The van der Waals surface area contributed by atoms with Crippen molar-refractivity contribution < 1.29 is 12.8 Å². The van der Waals surface area contributed by atoms with Crippen LogP contribution in [0.2, 0.25) is 0 Å². The minimum atomic E-state index is -3.37. The van der Waals surface area contributed by atoms with Gasteiger partial charge in [0.25, 0.3) is 0 Å². The summed E-state index contributed by atoms with van der Waals surface area (Å²) in [6.07, 6.45) is 1.76. The molecule has 94 valence electrons. The molecule has 0 amide bonds. The summed E-state index contributed by atoms with van der Waals surface area (Å²) in [7, 11) is -3.37. The maximum atomic E-state index is 12.7. The zero-order valence-corrected chi connectivity index (χ0v) is 10.5. The van der Waals surface area contributed by atoms with Crippen molar-refractivity contribution in [3.8, 4) is 0 Å². The number of nitrogens with two attached hydrogens (primary N) is 1. The van der Waals surface area contributed by atoms with Crippen LogP contribution in [0.4, 0.5) is 4.39 Å². The number of rotatable bonds is 4. The number of hydrogen-bond donors (Lipinski definition) is 1. The van der Waals surface area contributed by atoms with Gasteiger partial charge in [0, 0.05) is 5.54 Å². The van der Waals surface area contributed by atoms with Crippen molar-refractivity contribution in [2.24, 2.45) is 11.7 Å². The lowest BCUT2D eigenvalue weighted by molar-refractivity contribution is 0.471. The van der Waals surface area contributed by atoms with E-state index in [1.165, 1.54) is 12.1 Å². The number of benzene rings is 1. The molecule has 0 spiro atoms. The van der Waals surface area contributed by atoms with E-state index in [-0.39, 0.29) is 22.1 Å². The Bertz CT molecular complexity index is 506. The molecule has 0 heterocycles. The second-order valence-corrected chi connectivity index (χ2v) is 6.90. The van der Waals surface area contributed by atoms with E-state index in [0.717, 1.165) is 25.0 Å². The molecule has 3 nitrogen and oxygen atoms in total. The molecule has 0 radical (unpaired) electrons. The molecule has 1 aromatic rings. The van der Waals surface area contributed by atoms with E-state index in [1.807, 2.05) is 6.92 Å². The first-order valence-electron chi connectivity index (χ1n) is 5.61. The number of sulfone groups is 1. The minimum absolute atomic E-state index is 0.0229. The van der Waals surface area contributed by atoms with E-state index >= 15 is 0 Å². The summed E-state index contributed by atoms with van der Waals surface area (Å²) in [5.41, 5.74) is 5.66. The third kappa shape index (κ3) is 2.66. The van der Waals surface area contributed by atoms with Crippen LogP contribution in [0.1, 0.15) is 19.8 Å². The molecule has 0 aromatic heterocycles. The van der Waals surface area contributed by atoms with Gasteiger partial charge in [-0.25, -0.2) is 12.8 Å². The first-order valence-corrected chi connectivity index (χ1v) is 7.26. The fraction of sp³-hybridized carbons (Fsp3) is 0.500. The second kappa shape index (κ2) is 4.07. The quantitative estimate of drug-likeness (QED) is 0.836. The van der Waals surface area contributed by atoms with Gasteiger partial charge in [-0.3, -0.25) is 0 Å². The Morgan fingerprint density at radius 1 is 1.35 bits per heavy atom. The fourth-order valence-corrected chi connectivity index (χ4v) is 3.60. The molecule has 0 aliphatic heterocycles. The molecule has 1 aliphatic rings. The molecule has 1 fully saturated rings. The molecule has 1 aliphatic carbocycles. The van der Waals surface area contributed by atoms with Crippen LogP contribution in [0.15, 0.2) is 29.2 Å². The normalized spacial score (nSPS) is 19.9. The summed E-state index contributed by atoms with van der Waals surface area (Å²) in [6, 6.07) is 4.92. The van der Waals surface area contributed by atoms with Crippen LogP contribution in [0, 0.1) is 11.7 Å². The highest BCUT2D eigenvalue weighted by molar-refractivity contribution is 7.91. The number of halogens is 1. The van der Waals surface area contributed by atoms with Crippen molar-refractivity contribution in [1.29, 1.82) is 0 Å². The molecule has 5 heteroatoms. The zero-order valence-electron chi connectivity index (χ0n) is 9.69. The van der Waals surface area contributed by atoms with Crippen molar-refractivity contribution in [3.05, 3.63) is 30.1 Å². The van der Waals surface area contributed by atoms with E-state index in [1.54, 1.807) is 0 Å². The predicted molar refractivity (Wildman–Crippen MR) is 63.8 cm³/mol. The molecule has 0 bridgehead atoms. The Morgan fingerprint density at radius 3 is 2.35 bits per heavy atom. The van der Waals surface area contributed by atoms with Gasteiger partial charge in [-0.1, -0.05) is 6.92 Å². The van der Waals surface area contributed by atoms with Crippen molar-refractivity contribution >= 4 is 9.84 Å². The summed E-state index contributed by atoms with van der Waals surface area (Å²) >= 11 is 0. The van der Waals surface area contributed by atoms with Gasteiger partial charge in [0.15, 0.2) is 9.84 Å². The monoisotopic (exact) mass is 257 g/mol. The van der Waals surface area contributed by atoms with E-state index in [0.29, 0.717) is 0 Å². The van der Waals surface area contributed by atoms with Crippen LogP contribution in [-0.4, -0.2) is 19.7 Å². The van der Waals surface area contributed by atoms with Gasteiger partial charge in [-0.15, -0.1) is 0 Å². The highest BCUT2D eigenvalue weighted by atomic mass is 32.2. The predicted octanol–water partition coefficient (Wildman–Crippen LogP) is 1.73. The molecule has 17 heavy (non-hydrogen) atoms. The Labute approximate surface area is 101 Å². The standard InChI is InChI=1S/C12H16FNO2S/c1-9(12(14)6-7-12)8-17(15,16)11-4-2-10(13)3-5-11/h2-5,9H,6-8,14H2,1H3. The molecular formula is C12H16FNO2S. The molecule has 0 saturated heterocycles. The fourth-order valence-electron chi connectivity index (χ4n) is 1.87. The molecule has 1 aromatic carbocycles. The van der Waals surface area contributed by atoms with E-state index in [4.69, 9.17) is 5.73 Å². The topological polar surface area (TPSA) is 60.2 Å². The van der Waals surface area contributed by atoms with E-state index in [2.05, 4.69) is 0 Å². The van der Waals surface area contributed by atoms with Gasteiger partial charge in [-0.2, -0.15) is 0 Å². The lowest BCUT2D eigenvalue weighted by atomic mass is 10.0. The van der Waals surface area contributed by atoms with Crippen LogP contribution in [0.5, 0.6) is 0 Å². The van der Waals surface area contributed by atoms with Crippen LogP contribution in [-0.2, 0) is 9.84 Å². The van der Waals surface area contributed by atoms with Crippen LogP contribution in [0.25, 0.3) is 0 Å². The third-order valence-corrected chi connectivity index (χ3v) is 5.38. The molecular weight excluding hydrogens is 241 g/mol. The summed E-state index contributed by atoms with van der Waals surface area (Å²) in [5.74, 6) is -0.484. The SMILES string of the molecule is CC(CS(=O)(=O)c1ccc(F)cc1)C1(N)CC1. The summed E-state index contributed by atoms with van der Waals surface area (Å²) in [6.45, 7) is 1.86. The second-order valence-electron chi connectivity index (χ2n) is 4.87. The van der Waals surface area contributed by atoms with Crippen molar-refractivity contribution in [1.82, 2.24) is 0 Å². The Balaban J connectivity index is 2.16. The largest absolute Gasteiger partial charge is 0.325 e. The molecule has 2 N–H and O–H groups in total.